The van der Waals surface area contributed by atoms with Crippen LogP contribution in [0.5, 0.6) is 0 Å². The van der Waals surface area contributed by atoms with Gasteiger partial charge in [-0.25, -0.2) is 9.36 Å². The number of hydrogen-bond acceptors (Lipinski definition) is 5. The molecule has 0 radical (unpaired) electrons. The van der Waals surface area contributed by atoms with Gasteiger partial charge in [0.25, 0.3) is 5.56 Å². The highest BCUT2D eigenvalue weighted by molar-refractivity contribution is 7.17. The first-order valence-electron chi connectivity index (χ1n) is 6.14. The quantitative estimate of drug-likeness (QED) is 0.740. The van der Waals surface area contributed by atoms with Crippen molar-refractivity contribution in [2.75, 3.05) is 0 Å². The number of fused-ring (bicyclic) bond motifs is 1. The highest BCUT2D eigenvalue weighted by Gasteiger charge is 2.12. The first kappa shape index (κ1) is 13.4. The lowest BCUT2D eigenvalue weighted by molar-refractivity contribution is -0.122. The van der Waals surface area contributed by atoms with Gasteiger partial charge in [0.15, 0.2) is 0 Å². The molecular weight excluding hydrogens is 294 g/mol. The number of carbonyl (C=O) groups is 1. The molecule has 0 saturated carbocycles. The zero-order chi connectivity index (χ0) is 14.8. The van der Waals surface area contributed by atoms with E-state index in [9.17, 15) is 14.4 Å². The largest absolute Gasteiger partial charge is 0.467 e. The van der Waals surface area contributed by atoms with Gasteiger partial charge in [0.1, 0.15) is 17.0 Å². The molecule has 0 aliphatic rings. The number of aromatic amines is 1. The number of furan rings is 1. The average molecular weight is 305 g/mol. The van der Waals surface area contributed by atoms with Gasteiger partial charge in [-0.3, -0.25) is 9.59 Å². The predicted octanol–water partition coefficient (Wildman–Crippen LogP) is 0.661. The Labute approximate surface area is 121 Å². The topological polar surface area (TPSA) is 97.1 Å². The Morgan fingerprint density at radius 3 is 3.00 bits per heavy atom. The second kappa shape index (κ2) is 5.41. The average Bonchev–Trinajstić information content (AvgIpc) is 3.12. The summed E-state index contributed by atoms with van der Waals surface area (Å²) in [6, 6.07) is 5.09. The Morgan fingerprint density at radius 1 is 1.38 bits per heavy atom. The van der Waals surface area contributed by atoms with Crippen molar-refractivity contribution in [1.29, 1.82) is 0 Å². The van der Waals surface area contributed by atoms with Crippen molar-refractivity contribution in [3.63, 3.8) is 0 Å². The molecular formula is C13H11N3O4S. The summed E-state index contributed by atoms with van der Waals surface area (Å²) < 4.78 is 6.39. The van der Waals surface area contributed by atoms with Crippen molar-refractivity contribution in [1.82, 2.24) is 14.9 Å². The summed E-state index contributed by atoms with van der Waals surface area (Å²) in [6.45, 7) is -0.123. The molecule has 0 aliphatic heterocycles. The third kappa shape index (κ3) is 2.65. The first-order valence-corrected chi connectivity index (χ1v) is 7.02. The highest BCUT2D eigenvalue weighted by atomic mass is 32.1. The van der Waals surface area contributed by atoms with Gasteiger partial charge >= 0.3 is 5.69 Å². The Bertz CT molecular complexity index is 888. The van der Waals surface area contributed by atoms with Gasteiger partial charge in [-0.15, -0.1) is 11.3 Å². The molecule has 1 amide bonds. The van der Waals surface area contributed by atoms with E-state index in [0.29, 0.717) is 16.0 Å². The summed E-state index contributed by atoms with van der Waals surface area (Å²) in [5.41, 5.74) is -0.571. The number of hydrogen-bond donors (Lipinski definition) is 2. The van der Waals surface area contributed by atoms with Crippen LogP contribution < -0.4 is 16.6 Å². The van der Waals surface area contributed by atoms with Crippen molar-refractivity contribution in [2.24, 2.45) is 0 Å². The molecule has 0 bridgehead atoms. The van der Waals surface area contributed by atoms with Crippen LogP contribution in [-0.2, 0) is 17.9 Å². The van der Waals surface area contributed by atoms with Gasteiger partial charge in [0, 0.05) is 0 Å². The molecule has 3 heterocycles. The molecule has 21 heavy (non-hydrogen) atoms. The standard InChI is InChI=1S/C13H11N3O4S/c17-10(14-6-8-2-1-4-20-8)7-16-12(18)11-9(3-5-21-11)15-13(16)19/h1-5H,6-7H2,(H,14,17)(H,15,19). The zero-order valence-electron chi connectivity index (χ0n) is 10.8. The van der Waals surface area contributed by atoms with E-state index in [2.05, 4.69) is 10.3 Å². The number of nitrogens with zero attached hydrogens (tertiary/aromatic N) is 1. The number of rotatable bonds is 4. The van der Waals surface area contributed by atoms with Crippen LogP contribution in [-0.4, -0.2) is 15.5 Å². The molecule has 3 aromatic rings. The van der Waals surface area contributed by atoms with E-state index >= 15 is 0 Å². The maximum Gasteiger partial charge on any atom is 0.329 e. The number of amides is 1. The smallest absolute Gasteiger partial charge is 0.329 e. The highest BCUT2D eigenvalue weighted by Crippen LogP contribution is 2.11. The SMILES string of the molecule is O=C(Cn1c(=O)[nH]c2ccsc2c1=O)NCc1ccco1. The summed E-state index contributed by atoms with van der Waals surface area (Å²) in [5, 5.41) is 4.30. The van der Waals surface area contributed by atoms with E-state index in [1.807, 2.05) is 0 Å². The van der Waals surface area contributed by atoms with Gasteiger partial charge < -0.3 is 14.7 Å². The summed E-state index contributed by atoms with van der Waals surface area (Å²) in [7, 11) is 0. The summed E-state index contributed by atoms with van der Waals surface area (Å²) in [5.74, 6) is 0.160. The maximum atomic E-state index is 12.1. The second-order valence-electron chi connectivity index (χ2n) is 4.34. The van der Waals surface area contributed by atoms with Crippen molar-refractivity contribution >= 4 is 27.5 Å². The van der Waals surface area contributed by atoms with E-state index in [1.165, 1.54) is 17.6 Å². The van der Waals surface area contributed by atoms with Crippen molar-refractivity contribution in [2.45, 2.75) is 13.1 Å². The van der Waals surface area contributed by atoms with E-state index in [4.69, 9.17) is 4.42 Å². The maximum absolute atomic E-state index is 12.1. The number of H-pyrrole nitrogens is 1. The molecule has 0 unspecified atom stereocenters. The summed E-state index contributed by atoms with van der Waals surface area (Å²) >= 11 is 1.23. The van der Waals surface area contributed by atoms with Crippen LogP contribution in [0, 0.1) is 0 Å². The molecule has 2 N–H and O–H groups in total. The van der Waals surface area contributed by atoms with Crippen molar-refractivity contribution in [3.05, 3.63) is 56.4 Å². The third-order valence-corrected chi connectivity index (χ3v) is 3.84. The fourth-order valence-electron chi connectivity index (χ4n) is 1.91. The van der Waals surface area contributed by atoms with Gasteiger partial charge in [0.05, 0.1) is 18.3 Å². The number of aromatic nitrogens is 2. The molecule has 0 atom stereocenters. The molecule has 108 valence electrons. The summed E-state index contributed by atoms with van der Waals surface area (Å²) in [6.07, 6.45) is 1.50. The molecule has 3 aromatic heterocycles. The Hall–Kier alpha value is -2.61. The van der Waals surface area contributed by atoms with Crippen LogP contribution in [0.25, 0.3) is 10.2 Å². The molecule has 0 fully saturated rings. The molecule has 8 heteroatoms. The van der Waals surface area contributed by atoms with Crippen LogP contribution in [0.1, 0.15) is 5.76 Å². The molecule has 3 rings (SSSR count). The minimum atomic E-state index is -0.598. The second-order valence-corrected chi connectivity index (χ2v) is 5.26. The zero-order valence-corrected chi connectivity index (χ0v) is 11.6. The van der Waals surface area contributed by atoms with Crippen LogP contribution in [0.3, 0.4) is 0 Å². The molecule has 0 aliphatic carbocycles. The Morgan fingerprint density at radius 2 is 2.24 bits per heavy atom. The fraction of sp³-hybridized carbons (Fsp3) is 0.154. The number of carbonyl (C=O) groups excluding carboxylic acids is 1. The van der Waals surface area contributed by atoms with Gasteiger partial charge in [-0.05, 0) is 23.6 Å². The Kier molecular flexibility index (Phi) is 3.44. The lowest BCUT2D eigenvalue weighted by Crippen LogP contribution is -2.40. The fourth-order valence-corrected chi connectivity index (χ4v) is 2.71. The van der Waals surface area contributed by atoms with E-state index in [-0.39, 0.29) is 13.1 Å². The summed E-state index contributed by atoms with van der Waals surface area (Å²) in [4.78, 5) is 38.4. The molecule has 0 spiro atoms. The monoisotopic (exact) mass is 305 g/mol. The number of nitrogens with one attached hydrogen (secondary N) is 2. The number of thiophene rings is 1. The normalized spacial score (nSPS) is 10.9. The molecule has 0 saturated heterocycles. The van der Waals surface area contributed by atoms with Crippen molar-refractivity contribution < 1.29 is 9.21 Å². The lowest BCUT2D eigenvalue weighted by Gasteiger charge is -2.05. The van der Waals surface area contributed by atoms with Crippen LogP contribution in [0.2, 0.25) is 0 Å². The van der Waals surface area contributed by atoms with E-state index in [0.717, 1.165) is 4.57 Å². The molecule has 0 aromatic carbocycles. The van der Waals surface area contributed by atoms with E-state index in [1.54, 1.807) is 23.6 Å². The minimum Gasteiger partial charge on any atom is -0.467 e. The van der Waals surface area contributed by atoms with Gasteiger partial charge in [-0.1, -0.05) is 0 Å². The van der Waals surface area contributed by atoms with Crippen LogP contribution in [0.4, 0.5) is 0 Å². The first-order chi connectivity index (χ1) is 10.1. The van der Waals surface area contributed by atoms with E-state index < -0.39 is 17.2 Å². The minimum absolute atomic E-state index is 0.208. The van der Waals surface area contributed by atoms with Crippen molar-refractivity contribution in [3.8, 4) is 0 Å². The molecule has 7 nitrogen and oxygen atoms in total. The Balaban J connectivity index is 1.79. The lowest BCUT2D eigenvalue weighted by atomic mass is 10.4. The third-order valence-electron chi connectivity index (χ3n) is 2.93. The predicted molar refractivity (Wildman–Crippen MR) is 77.3 cm³/mol. The van der Waals surface area contributed by atoms with Gasteiger partial charge in [-0.2, -0.15) is 0 Å². The van der Waals surface area contributed by atoms with Crippen LogP contribution in [0.15, 0.2) is 43.8 Å². The van der Waals surface area contributed by atoms with Gasteiger partial charge in [0.2, 0.25) is 5.91 Å². The van der Waals surface area contributed by atoms with Crippen LogP contribution >= 0.6 is 11.3 Å².